The van der Waals surface area contributed by atoms with Gasteiger partial charge < -0.3 is 18.9 Å². The van der Waals surface area contributed by atoms with E-state index in [0.717, 1.165) is 44.5 Å². The van der Waals surface area contributed by atoms with Crippen molar-refractivity contribution in [2.45, 2.75) is 11.5 Å². The van der Waals surface area contributed by atoms with Crippen molar-refractivity contribution in [1.29, 1.82) is 0 Å². The van der Waals surface area contributed by atoms with Gasteiger partial charge in [0.05, 0.1) is 31.0 Å². The van der Waals surface area contributed by atoms with Gasteiger partial charge in [-0.15, -0.1) is 0 Å². The molecule has 4 aromatic rings. The summed E-state index contributed by atoms with van der Waals surface area (Å²) >= 11 is 1.45. The second kappa shape index (κ2) is 10.6. The number of nitrogens with zero attached hydrogens (tertiary/aromatic N) is 1. The molecule has 0 amide bonds. The van der Waals surface area contributed by atoms with Crippen LogP contribution in [0.25, 0.3) is 11.1 Å². The highest BCUT2D eigenvalue weighted by atomic mass is 32.2. The molecule has 1 N–H and O–H groups in total. The van der Waals surface area contributed by atoms with E-state index in [1.54, 1.807) is 20.4 Å². The molecule has 0 aliphatic carbocycles. The van der Waals surface area contributed by atoms with E-state index in [4.69, 9.17) is 14.2 Å². The van der Waals surface area contributed by atoms with Crippen LogP contribution in [0, 0.1) is 0 Å². The van der Waals surface area contributed by atoms with Gasteiger partial charge in [0.15, 0.2) is 0 Å². The molecule has 0 bridgehead atoms. The van der Waals surface area contributed by atoms with Crippen LogP contribution < -0.4 is 18.9 Å². The molecular formula is C26H24N2O3S. The molecule has 1 heterocycles. The number of rotatable bonds is 9. The quantitative estimate of drug-likeness (QED) is 0.299. The Kier molecular flexibility index (Phi) is 7.15. The van der Waals surface area contributed by atoms with E-state index in [1.807, 2.05) is 66.9 Å². The predicted octanol–water partition coefficient (Wildman–Crippen LogP) is 6.46. The summed E-state index contributed by atoms with van der Waals surface area (Å²) in [5.74, 6) is 2.38. The molecule has 0 aliphatic rings. The number of benzene rings is 3. The van der Waals surface area contributed by atoms with Gasteiger partial charge in [-0.3, -0.25) is 4.98 Å². The molecule has 0 spiro atoms. The monoisotopic (exact) mass is 444 g/mol. The van der Waals surface area contributed by atoms with Crippen LogP contribution in [0.4, 0.5) is 5.69 Å². The Morgan fingerprint density at radius 2 is 1.56 bits per heavy atom. The molecule has 0 unspecified atom stereocenters. The van der Waals surface area contributed by atoms with Crippen LogP contribution in [0.3, 0.4) is 0 Å². The average Bonchev–Trinajstić information content (AvgIpc) is 2.87. The first-order valence-electron chi connectivity index (χ1n) is 10.1. The van der Waals surface area contributed by atoms with Gasteiger partial charge in [-0.25, -0.2) is 0 Å². The second-order valence-corrected chi connectivity index (χ2v) is 7.83. The lowest BCUT2D eigenvalue weighted by Crippen LogP contribution is -1.95. The normalized spacial score (nSPS) is 10.4. The Balaban J connectivity index is 1.41. The van der Waals surface area contributed by atoms with Gasteiger partial charge in [0.1, 0.15) is 23.9 Å². The summed E-state index contributed by atoms with van der Waals surface area (Å²) in [6, 6.07) is 25.9. The van der Waals surface area contributed by atoms with Crippen LogP contribution in [-0.2, 0) is 6.61 Å². The fourth-order valence-electron chi connectivity index (χ4n) is 3.12. The maximum Gasteiger partial charge on any atom is 0.134 e. The summed E-state index contributed by atoms with van der Waals surface area (Å²) in [6.45, 7) is 0.548. The first-order valence-corrected chi connectivity index (χ1v) is 10.9. The predicted molar refractivity (Wildman–Crippen MR) is 129 cm³/mol. The molecular weight excluding hydrogens is 420 g/mol. The second-order valence-electron chi connectivity index (χ2n) is 6.98. The number of methoxy groups -OCH3 is 2. The summed E-state index contributed by atoms with van der Waals surface area (Å²) in [5, 5.41) is 0. The maximum absolute atomic E-state index is 5.88. The zero-order chi connectivity index (χ0) is 22.2. The Morgan fingerprint density at radius 3 is 2.31 bits per heavy atom. The van der Waals surface area contributed by atoms with Gasteiger partial charge in [0, 0.05) is 11.8 Å². The van der Waals surface area contributed by atoms with E-state index < -0.39 is 0 Å². The Bertz CT molecular complexity index is 1150. The van der Waals surface area contributed by atoms with Crippen LogP contribution >= 0.6 is 11.9 Å². The third kappa shape index (κ3) is 5.53. The maximum atomic E-state index is 5.88. The first-order chi connectivity index (χ1) is 15.7. The van der Waals surface area contributed by atoms with Gasteiger partial charge >= 0.3 is 0 Å². The molecule has 0 saturated carbocycles. The summed E-state index contributed by atoms with van der Waals surface area (Å²) in [6.07, 6.45) is 3.64. The van der Waals surface area contributed by atoms with Gasteiger partial charge in [-0.2, -0.15) is 0 Å². The average molecular weight is 445 g/mol. The van der Waals surface area contributed by atoms with E-state index in [9.17, 15) is 0 Å². The summed E-state index contributed by atoms with van der Waals surface area (Å²) in [4.78, 5) is 5.31. The van der Waals surface area contributed by atoms with Crippen LogP contribution in [0.15, 0.2) is 96.2 Å². The van der Waals surface area contributed by atoms with E-state index >= 15 is 0 Å². The summed E-state index contributed by atoms with van der Waals surface area (Å²) in [5.41, 5.74) is 4.12. The van der Waals surface area contributed by atoms with Crippen molar-refractivity contribution < 1.29 is 14.2 Å². The SMILES string of the molecule is COc1ccc(OC)c(SNc2cncc(-c3ccc(OCc4ccccc4)cc3)c2)c1. The van der Waals surface area contributed by atoms with Crippen molar-refractivity contribution in [2.75, 3.05) is 18.9 Å². The largest absolute Gasteiger partial charge is 0.497 e. The van der Waals surface area contributed by atoms with E-state index in [0.29, 0.717) is 6.61 Å². The molecule has 5 nitrogen and oxygen atoms in total. The minimum Gasteiger partial charge on any atom is -0.497 e. The molecule has 162 valence electrons. The Morgan fingerprint density at radius 1 is 0.781 bits per heavy atom. The molecule has 0 aliphatic heterocycles. The van der Waals surface area contributed by atoms with Gasteiger partial charge in [-0.05, 0) is 59.5 Å². The van der Waals surface area contributed by atoms with Crippen LogP contribution in [0.5, 0.6) is 17.2 Å². The highest BCUT2D eigenvalue weighted by Crippen LogP contribution is 2.34. The fourth-order valence-corrected chi connectivity index (χ4v) is 3.88. The van der Waals surface area contributed by atoms with Gasteiger partial charge in [-0.1, -0.05) is 42.5 Å². The summed E-state index contributed by atoms with van der Waals surface area (Å²) in [7, 11) is 3.30. The lowest BCUT2D eigenvalue weighted by atomic mass is 10.1. The van der Waals surface area contributed by atoms with Crippen molar-refractivity contribution in [3.8, 4) is 28.4 Å². The minimum absolute atomic E-state index is 0.548. The van der Waals surface area contributed by atoms with Crippen molar-refractivity contribution in [3.63, 3.8) is 0 Å². The minimum atomic E-state index is 0.548. The van der Waals surface area contributed by atoms with Crippen LogP contribution in [-0.4, -0.2) is 19.2 Å². The lowest BCUT2D eigenvalue weighted by molar-refractivity contribution is 0.306. The number of aromatic nitrogens is 1. The highest BCUT2D eigenvalue weighted by Gasteiger charge is 2.07. The van der Waals surface area contributed by atoms with Gasteiger partial charge in [0.2, 0.25) is 0 Å². The fraction of sp³-hybridized carbons (Fsp3) is 0.115. The number of pyridine rings is 1. The van der Waals surface area contributed by atoms with E-state index in [-0.39, 0.29) is 0 Å². The molecule has 3 aromatic carbocycles. The standard InChI is InChI=1S/C26H24N2O3S/c1-29-24-12-13-25(30-2)26(15-24)32-28-22-14-21(16-27-17-22)20-8-10-23(11-9-20)31-18-19-6-4-3-5-7-19/h3-17,28H,18H2,1-2H3. The van der Waals surface area contributed by atoms with Crippen molar-refractivity contribution in [3.05, 3.63) is 96.8 Å². The third-order valence-electron chi connectivity index (χ3n) is 4.82. The summed E-state index contributed by atoms with van der Waals surface area (Å²) < 4.78 is 20.0. The Labute approximate surface area is 192 Å². The molecule has 0 fully saturated rings. The molecule has 0 radical (unpaired) electrons. The van der Waals surface area contributed by atoms with Crippen molar-refractivity contribution >= 4 is 17.6 Å². The first kappa shape index (κ1) is 21.6. The zero-order valence-corrected chi connectivity index (χ0v) is 18.8. The third-order valence-corrected chi connectivity index (χ3v) is 5.70. The van der Waals surface area contributed by atoms with Crippen molar-refractivity contribution in [1.82, 2.24) is 4.98 Å². The smallest absolute Gasteiger partial charge is 0.134 e. The van der Waals surface area contributed by atoms with Crippen LogP contribution in [0.2, 0.25) is 0 Å². The Hall–Kier alpha value is -3.64. The number of ether oxygens (including phenoxy) is 3. The molecule has 1 aromatic heterocycles. The number of hydrogen-bond donors (Lipinski definition) is 1. The topological polar surface area (TPSA) is 52.6 Å². The molecule has 6 heteroatoms. The number of hydrogen-bond acceptors (Lipinski definition) is 6. The molecule has 0 saturated heterocycles. The van der Waals surface area contributed by atoms with E-state index in [1.165, 1.54) is 11.9 Å². The van der Waals surface area contributed by atoms with Crippen LogP contribution in [0.1, 0.15) is 5.56 Å². The number of nitrogens with one attached hydrogen (secondary N) is 1. The lowest BCUT2D eigenvalue weighted by Gasteiger charge is -2.12. The van der Waals surface area contributed by atoms with E-state index in [2.05, 4.69) is 27.9 Å². The zero-order valence-electron chi connectivity index (χ0n) is 17.9. The molecule has 4 rings (SSSR count). The number of anilines is 1. The highest BCUT2D eigenvalue weighted by molar-refractivity contribution is 8.00. The molecule has 0 atom stereocenters. The molecule has 32 heavy (non-hydrogen) atoms. The van der Waals surface area contributed by atoms with Crippen molar-refractivity contribution in [2.24, 2.45) is 0 Å². The van der Waals surface area contributed by atoms with Gasteiger partial charge in [0.25, 0.3) is 0 Å².